The van der Waals surface area contributed by atoms with Gasteiger partial charge in [-0.1, -0.05) is 6.07 Å². The van der Waals surface area contributed by atoms with Crippen LogP contribution in [-0.4, -0.2) is 62.9 Å². The molecule has 0 saturated carbocycles. The zero-order chi connectivity index (χ0) is 19.2. The summed E-state index contributed by atoms with van der Waals surface area (Å²) in [6, 6.07) is 6.39. The lowest BCUT2D eigenvalue weighted by molar-refractivity contribution is -0.127. The number of amides is 1. The van der Waals surface area contributed by atoms with E-state index >= 15 is 0 Å². The number of piperidine rings is 2. The lowest BCUT2D eigenvalue weighted by atomic mass is 9.93. The first kappa shape index (κ1) is 19.1. The van der Waals surface area contributed by atoms with Gasteiger partial charge in [-0.2, -0.15) is 0 Å². The number of carbonyl (C=O) groups excluding carboxylic acids is 1. The summed E-state index contributed by atoms with van der Waals surface area (Å²) in [6.45, 7) is 5.61. The molecule has 2 aromatic heterocycles. The van der Waals surface area contributed by atoms with Gasteiger partial charge in [-0.05, 0) is 44.4 Å². The lowest BCUT2D eigenvalue weighted by Gasteiger charge is -2.41. The van der Waals surface area contributed by atoms with Crippen LogP contribution in [0.15, 0.2) is 36.8 Å². The van der Waals surface area contributed by atoms with Crippen molar-refractivity contribution in [3.63, 3.8) is 0 Å². The summed E-state index contributed by atoms with van der Waals surface area (Å²) in [5.74, 6) is 1.31. The Bertz CT molecular complexity index is 727. The van der Waals surface area contributed by atoms with Gasteiger partial charge >= 0.3 is 0 Å². The van der Waals surface area contributed by atoms with E-state index in [4.69, 9.17) is 0 Å². The SMILES string of the molecule is O=C(NCc1ccccn1)[C@H]1CCCN(C2CCN(Cc3ncc[nH]3)CC2)C1. The summed E-state index contributed by atoms with van der Waals surface area (Å²) in [5.41, 5.74) is 0.910. The van der Waals surface area contributed by atoms with Gasteiger partial charge in [-0.3, -0.25) is 19.6 Å². The smallest absolute Gasteiger partial charge is 0.224 e. The fourth-order valence-electron chi connectivity index (χ4n) is 4.42. The second-order valence-corrected chi connectivity index (χ2v) is 7.92. The van der Waals surface area contributed by atoms with E-state index in [1.54, 1.807) is 6.20 Å². The number of likely N-dealkylation sites (tertiary alicyclic amines) is 2. The summed E-state index contributed by atoms with van der Waals surface area (Å²) in [5, 5.41) is 3.08. The molecule has 2 saturated heterocycles. The Balaban J connectivity index is 1.23. The molecule has 0 radical (unpaired) electrons. The number of aromatic nitrogens is 3. The van der Waals surface area contributed by atoms with Crippen molar-refractivity contribution in [3.05, 3.63) is 48.3 Å². The molecule has 2 N–H and O–H groups in total. The van der Waals surface area contributed by atoms with Crippen molar-refractivity contribution in [2.45, 2.75) is 44.8 Å². The number of carbonyl (C=O) groups is 1. The molecule has 0 aromatic carbocycles. The molecule has 0 aliphatic carbocycles. The summed E-state index contributed by atoms with van der Waals surface area (Å²) in [6.07, 6.45) is 9.90. The minimum Gasteiger partial charge on any atom is -0.350 e. The summed E-state index contributed by atoms with van der Waals surface area (Å²) < 4.78 is 0. The number of nitrogens with zero attached hydrogens (tertiary/aromatic N) is 4. The van der Waals surface area contributed by atoms with Crippen LogP contribution in [0.2, 0.25) is 0 Å². The van der Waals surface area contributed by atoms with Crippen LogP contribution in [-0.2, 0) is 17.9 Å². The molecule has 0 unspecified atom stereocenters. The Morgan fingerprint density at radius 1 is 1.14 bits per heavy atom. The minimum atomic E-state index is 0.0959. The predicted molar refractivity (Wildman–Crippen MR) is 107 cm³/mol. The van der Waals surface area contributed by atoms with E-state index in [2.05, 4.69) is 30.1 Å². The minimum absolute atomic E-state index is 0.0959. The molecule has 0 bridgehead atoms. The first-order valence-corrected chi connectivity index (χ1v) is 10.4. The highest BCUT2D eigenvalue weighted by atomic mass is 16.1. The molecule has 7 heteroatoms. The molecule has 1 atom stereocenters. The summed E-state index contributed by atoms with van der Waals surface area (Å²) >= 11 is 0. The third-order valence-corrected chi connectivity index (χ3v) is 6.00. The highest BCUT2D eigenvalue weighted by Gasteiger charge is 2.31. The topological polar surface area (TPSA) is 77.2 Å². The third kappa shape index (κ3) is 4.97. The van der Waals surface area contributed by atoms with Gasteiger partial charge in [0.2, 0.25) is 5.91 Å². The quantitative estimate of drug-likeness (QED) is 0.797. The van der Waals surface area contributed by atoms with E-state index in [0.717, 1.165) is 57.1 Å². The molecule has 4 rings (SSSR count). The van der Waals surface area contributed by atoms with Crippen molar-refractivity contribution in [2.24, 2.45) is 5.92 Å². The van der Waals surface area contributed by atoms with Crippen molar-refractivity contribution in [2.75, 3.05) is 26.2 Å². The van der Waals surface area contributed by atoms with Crippen molar-refractivity contribution >= 4 is 5.91 Å². The van der Waals surface area contributed by atoms with Crippen molar-refractivity contribution in [1.82, 2.24) is 30.1 Å². The maximum absolute atomic E-state index is 12.6. The second kappa shape index (κ2) is 9.30. The number of H-pyrrole nitrogens is 1. The summed E-state index contributed by atoms with van der Waals surface area (Å²) in [4.78, 5) is 29.5. The molecule has 150 valence electrons. The van der Waals surface area contributed by atoms with E-state index in [1.165, 1.54) is 12.8 Å². The van der Waals surface area contributed by atoms with Gasteiger partial charge in [0.1, 0.15) is 5.82 Å². The highest BCUT2D eigenvalue weighted by molar-refractivity contribution is 5.78. The molecular formula is C21H30N6O. The highest BCUT2D eigenvalue weighted by Crippen LogP contribution is 2.24. The van der Waals surface area contributed by atoms with Crippen LogP contribution in [0.3, 0.4) is 0 Å². The predicted octanol–water partition coefficient (Wildman–Crippen LogP) is 1.80. The van der Waals surface area contributed by atoms with E-state index < -0.39 is 0 Å². The maximum atomic E-state index is 12.6. The lowest BCUT2D eigenvalue weighted by Crippen LogP contribution is -2.50. The van der Waals surface area contributed by atoms with Crippen LogP contribution in [0.4, 0.5) is 0 Å². The molecule has 2 aliphatic heterocycles. The number of nitrogens with one attached hydrogen (secondary N) is 2. The van der Waals surface area contributed by atoms with Crippen molar-refractivity contribution < 1.29 is 4.79 Å². The fraction of sp³-hybridized carbons (Fsp3) is 0.571. The average molecular weight is 383 g/mol. The zero-order valence-electron chi connectivity index (χ0n) is 16.4. The average Bonchev–Trinajstić information content (AvgIpc) is 3.26. The molecule has 0 spiro atoms. The van der Waals surface area contributed by atoms with Gasteiger partial charge in [0.25, 0.3) is 0 Å². The van der Waals surface area contributed by atoms with Gasteiger partial charge in [0.05, 0.1) is 24.7 Å². The van der Waals surface area contributed by atoms with E-state index in [1.807, 2.05) is 30.6 Å². The van der Waals surface area contributed by atoms with E-state index in [0.29, 0.717) is 12.6 Å². The first-order chi connectivity index (χ1) is 13.8. The second-order valence-electron chi connectivity index (χ2n) is 7.92. The van der Waals surface area contributed by atoms with Crippen molar-refractivity contribution in [3.8, 4) is 0 Å². The molecular weight excluding hydrogens is 352 g/mol. The molecule has 4 heterocycles. The Morgan fingerprint density at radius 3 is 2.79 bits per heavy atom. The first-order valence-electron chi connectivity index (χ1n) is 10.4. The molecule has 2 aliphatic rings. The zero-order valence-corrected chi connectivity index (χ0v) is 16.4. The fourth-order valence-corrected chi connectivity index (χ4v) is 4.42. The Hall–Kier alpha value is -2.25. The molecule has 1 amide bonds. The van der Waals surface area contributed by atoms with Crippen LogP contribution in [0.5, 0.6) is 0 Å². The van der Waals surface area contributed by atoms with Gasteiger partial charge in [0.15, 0.2) is 0 Å². The normalized spacial score (nSPS) is 22.2. The standard InChI is InChI=1S/C21H30N6O/c28-21(25-14-18-5-1-2-8-22-18)17-4-3-11-27(15-17)19-6-12-26(13-7-19)16-20-23-9-10-24-20/h1-2,5,8-10,17,19H,3-4,6-7,11-16H2,(H,23,24)(H,25,28)/t17-/m0/s1. The van der Waals surface area contributed by atoms with Crippen LogP contribution in [0.25, 0.3) is 0 Å². The number of aromatic amines is 1. The van der Waals surface area contributed by atoms with E-state index in [-0.39, 0.29) is 11.8 Å². The largest absolute Gasteiger partial charge is 0.350 e. The molecule has 7 nitrogen and oxygen atoms in total. The number of hydrogen-bond acceptors (Lipinski definition) is 5. The third-order valence-electron chi connectivity index (χ3n) is 6.00. The molecule has 2 aromatic rings. The van der Waals surface area contributed by atoms with Crippen LogP contribution >= 0.6 is 0 Å². The number of hydrogen-bond donors (Lipinski definition) is 2. The Kier molecular flexibility index (Phi) is 6.34. The number of rotatable bonds is 6. The van der Waals surface area contributed by atoms with E-state index in [9.17, 15) is 4.79 Å². The van der Waals surface area contributed by atoms with Crippen molar-refractivity contribution in [1.29, 1.82) is 0 Å². The monoisotopic (exact) mass is 382 g/mol. The Morgan fingerprint density at radius 2 is 2.04 bits per heavy atom. The van der Waals surface area contributed by atoms with Gasteiger partial charge in [-0.15, -0.1) is 0 Å². The van der Waals surface area contributed by atoms with Crippen LogP contribution < -0.4 is 5.32 Å². The van der Waals surface area contributed by atoms with Crippen LogP contribution in [0.1, 0.15) is 37.2 Å². The van der Waals surface area contributed by atoms with Gasteiger partial charge in [-0.25, -0.2) is 4.98 Å². The van der Waals surface area contributed by atoms with Gasteiger partial charge in [0, 0.05) is 44.3 Å². The maximum Gasteiger partial charge on any atom is 0.224 e. The molecule has 28 heavy (non-hydrogen) atoms. The van der Waals surface area contributed by atoms with Gasteiger partial charge < -0.3 is 10.3 Å². The number of pyridine rings is 1. The molecule has 2 fully saturated rings. The van der Waals surface area contributed by atoms with Crippen LogP contribution in [0, 0.1) is 5.92 Å². The summed E-state index contributed by atoms with van der Waals surface area (Å²) in [7, 11) is 0. The number of imidazole rings is 1. The Labute approximate surface area is 166 Å².